The van der Waals surface area contributed by atoms with Gasteiger partial charge in [-0.15, -0.1) is 0 Å². The first-order valence-corrected chi connectivity index (χ1v) is 15.0. The smallest absolute Gasteiger partial charge is 0.269 e. The summed E-state index contributed by atoms with van der Waals surface area (Å²) in [4.78, 5) is 39.4. The Balaban J connectivity index is 2.06. The van der Waals surface area contributed by atoms with Gasteiger partial charge in [0.25, 0.3) is 15.7 Å². The summed E-state index contributed by atoms with van der Waals surface area (Å²) in [6.45, 7) is 4.97. The molecule has 0 saturated carbocycles. The summed E-state index contributed by atoms with van der Waals surface area (Å²) in [7, 11) is -2.74. The molecule has 0 fully saturated rings. The fraction of sp³-hybridized carbons (Fsp3) is 0.333. The van der Waals surface area contributed by atoms with Crippen LogP contribution in [0.4, 0.5) is 11.4 Å². The number of nitrogens with one attached hydrogen (secondary N) is 1. The maximum absolute atomic E-state index is 14.1. The molecule has 2 atom stereocenters. The lowest BCUT2D eigenvalue weighted by Crippen LogP contribution is -2.53. The molecule has 42 heavy (non-hydrogen) atoms. The van der Waals surface area contributed by atoms with Crippen LogP contribution in [-0.2, 0) is 26.2 Å². The van der Waals surface area contributed by atoms with Crippen molar-refractivity contribution in [2.45, 2.75) is 57.1 Å². The SMILES string of the molecule is CC[C@H](C(=O)N[C@@H](C)CC)N(Cc1ccc(OC)cc1)C(=O)CN(c1ccc([N+](=O)[O-])cc1)S(=O)(=O)c1ccccc1. The van der Waals surface area contributed by atoms with Crippen LogP contribution >= 0.6 is 0 Å². The second-order valence-electron chi connectivity index (χ2n) is 9.71. The Labute approximate surface area is 246 Å². The minimum Gasteiger partial charge on any atom is -0.497 e. The third-order valence-electron chi connectivity index (χ3n) is 6.86. The van der Waals surface area contributed by atoms with Crippen molar-refractivity contribution >= 4 is 33.2 Å². The van der Waals surface area contributed by atoms with Crippen LogP contribution in [0, 0.1) is 10.1 Å². The van der Waals surface area contributed by atoms with Gasteiger partial charge in [-0.25, -0.2) is 8.42 Å². The molecule has 3 aromatic rings. The first kappa shape index (κ1) is 32.1. The summed E-state index contributed by atoms with van der Waals surface area (Å²) in [6, 6.07) is 18.5. The molecular formula is C30H36N4O7S. The van der Waals surface area contributed by atoms with E-state index in [0.717, 1.165) is 4.31 Å². The molecule has 12 heteroatoms. The van der Waals surface area contributed by atoms with Crippen molar-refractivity contribution in [1.29, 1.82) is 0 Å². The van der Waals surface area contributed by atoms with Crippen molar-refractivity contribution < 1.29 is 27.7 Å². The van der Waals surface area contributed by atoms with E-state index in [-0.39, 0.29) is 41.2 Å². The van der Waals surface area contributed by atoms with E-state index < -0.39 is 33.4 Å². The molecule has 2 amide bonds. The Kier molecular flexibility index (Phi) is 11.0. The van der Waals surface area contributed by atoms with E-state index in [4.69, 9.17) is 4.74 Å². The van der Waals surface area contributed by atoms with Crippen LogP contribution in [-0.4, -0.2) is 55.8 Å². The van der Waals surface area contributed by atoms with Gasteiger partial charge >= 0.3 is 0 Å². The van der Waals surface area contributed by atoms with Gasteiger partial charge in [0.05, 0.1) is 22.6 Å². The minimum atomic E-state index is -4.27. The molecule has 11 nitrogen and oxygen atoms in total. The van der Waals surface area contributed by atoms with Crippen molar-refractivity contribution in [3.8, 4) is 5.75 Å². The molecule has 1 N–H and O–H groups in total. The molecule has 0 aromatic heterocycles. The van der Waals surface area contributed by atoms with Gasteiger partial charge in [-0.2, -0.15) is 0 Å². The van der Waals surface area contributed by atoms with Gasteiger partial charge in [-0.3, -0.25) is 24.0 Å². The molecule has 0 aliphatic heterocycles. The maximum atomic E-state index is 14.1. The highest BCUT2D eigenvalue weighted by molar-refractivity contribution is 7.92. The Morgan fingerprint density at radius 3 is 2.10 bits per heavy atom. The highest BCUT2D eigenvalue weighted by Crippen LogP contribution is 2.27. The zero-order valence-corrected chi connectivity index (χ0v) is 24.9. The molecule has 0 aliphatic carbocycles. The number of ether oxygens (including phenoxy) is 1. The zero-order valence-electron chi connectivity index (χ0n) is 24.1. The van der Waals surface area contributed by atoms with E-state index >= 15 is 0 Å². The number of rotatable bonds is 14. The van der Waals surface area contributed by atoms with Crippen molar-refractivity contribution in [2.75, 3.05) is 18.0 Å². The molecule has 0 saturated heterocycles. The number of non-ortho nitro benzene ring substituents is 1. The number of hydrogen-bond donors (Lipinski definition) is 1. The van der Waals surface area contributed by atoms with Crippen LogP contribution in [0.15, 0.2) is 83.8 Å². The molecule has 0 heterocycles. The predicted octanol–water partition coefficient (Wildman–Crippen LogP) is 4.52. The third-order valence-corrected chi connectivity index (χ3v) is 8.65. The van der Waals surface area contributed by atoms with Gasteiger partial charge in [0.1, 0.15) is 18.3 Å². The van der Waals surface area contributed by atoms with Crippen LogP contribution < -0.4 is 14.4 Å². The van der Waals surface area contributed by atoms with Gasteiger partial charge in [0.2, 0.25) is 11.8 Å². The molecule has 3 aromatic carbocycles. The topological polar surface area (TPSA) is 139 Å². The third kappa shape index (κ3) is 7.84. The number of anilines is 1. The molecule has 3 rings (SSSR count). The fourth-order valence-corrected chi connectivity index (χ4v) is 5.71. The van der Waals surface area contributed by atoms with Crippen LogP contribution in [0.5, 0.6) is 5.75 Å². The number of methoxy groups -OCH3 is 1. The second kappa shape index (κ2) is 14.4. The number of nitrogens with zero attached hydrogens (tertiary/aromatic N) is 3. The van der Waals surface area contributed by atoms with Crippen molar-refractivity contribution in [3.63, 3.8) is 0 Å². The number of nitro groups is 1. The van der Waals surface area contributed by atoms with E-state index in [0.29, 0.717) is 17.7 Å². The number of benzene rings is 3. The standard InChI is InChI=1S/C30H36N4O7S/c1-5-22(3)31-30(36)28(6-2)32(20-23-12-18-26(41-4)19-13-23)29(35)21-33(24-14-16-25(17-15-24)34(37)38)42(39,40)27-10-8-7-9-11-27/h7-19,22,28H,5-6,20-21H2,1-4H3,(H,31,36)/t22-,28+/m0/s1. The Morgan fingerprint density at radius 2 is 1.57 bits per heavy atom. The quantitative estimate of drug-likeness (QED) is 0.213. The Morgan fingerprint density at radius 1 is 0.952 bits per heavy atom. The summed E-state index contributed by atoms with van der Waals surface area (Å²) in [6.07, 6.45) is 0.977. The number of carbonyl (C=O) groups is 2. The van der Waals surface area contributed by atoms with Gasteiger partial charge in [-0.1, -0.05) is 44.2 Å². The number of hydrogen-bond acceptors (Lipinski definition) is 7. The lowest BCUT2D eigenvalue weighted by atomic mass is 10.1. The highest BCUT2D eigenvalue weighted by Gasteiger charge is 2.34. The van der Waals surface area contributed by atoms with Gasteiger partial charge in [0, 0.05) is 24.7 Å². The number of nitro benzene ring substituents is 1. The van der Waals surface area contributed by atoms with Crippen LogP contribution in [0.1, 0.15) is 39.2 Å². The maximum Gasteiger partial charge on any atom is 0.269 e. The van der Waals surface area contributed by atoms with Crippen LogP contribution in [0.25, 0.3) is 0 Å². The van der Waals surface area contributed by atoms with Crippen molar-refractivity contribution in [1.82, 2.24) is 10.2 Å². The first-order valence-electron chi connectivity index (χ1n) is 13.6. The Hall–Kier alpha value is -4.45. The molecule has 0 aliphatic rings. The summed E-state index contributed by atoms with van der Waals surface area (Å²) >= 11 is 0. The average Bonchev–Trinajstić information content (AvgIpc) is 3.00. The number of amides is 2. The first-order chi connectivity index (χ1) is 20.0. The average molecular weight is 597 g/mol. The van der Waals surface area contributed by atoms with E-state index in [1.54, 1.807) is 49.4 Å². The van der Waals surface area contributed by atoms with Crippen LogP contribution in [0.3, 0.4) is 0 Å². The van der Waals surface area contributed by atoms with E-state index in [1.807, 2.05) is 13.8 Å². The Bertz CT molecular complexity index is 1460. The lowest BCUT2D eigenvalue weighted by molar-refractivity contribution is -0.384. The molecule has 0 spiro atoms. The van der Waals surface area contributed by atoms with Gasteiger partial charge < -0.3 is 15.0 Å². The summed E-state index contributed by atoms with van der Waals surface area (Å²) in [5.41, 5.74) is 0.557. The normalized spacial score (nSPS) is 12.6. The van der Waals surface area contributed by atoms with E-state index in [2.05, 4.69) is 5.32 Å². The van der Waals surface area contributed by atoms with Crippen molar-refractivity contribution in [3.05, 3.63) is 94.5 Å². The monoisotopic (exact) mass is 596 g/mol. The van der Waals surface area contributed by atoms with Gasteiger partial charge in [-0.05, 0) is 61.7 Å². The van der Waals surface area contributed by atoms with E-state index in [9.17, 15) is 28.1 Å². The lowest BCUT2D eigenvalue weighted by Gasteiger charge is -2.33. The summed E-state index contributed by atoms with van der Waals surface area (Å²) < 4.78 is 33.8. The second-order valence-corrected chi connectivity index (χ2v) is 11.6. The van der Waals surface area contributed by atoms with Crippen molar-refractivity contribution in [2.24, 2.45) is 0 Å². The predicted molar refractivity (Wildman–Crippen MR) is 160 cm³/mol. The zero-order chi connectivity index (χ0) is 30.9. The summed E-state index contributed by atoms with van der Waals surface area (Å²) in [5.74, 6) is -0.340. The molecule has 224 valence electrons. The van der Waals surface area contributed by atoms with E-state index in [1.165, 1.54) is 48.4 Å². The largest absolute Gasteiger partial charge is 0.497 e. The number of sulfonamides is 1. The number of carbonyl (C=O) groups excluding carboxylic acids is 2. The minimum absolute atomic E-state index is 0.0365. The molecule has 0 bridgehead atoms. The molecular weight excluding hydrogens is 560 g/mol. The molecule has 0 radical (unpaired) electrons. The summed E-state index contributed by atoms with van der Waals surface area (Å²) in [5, 5.41) is 14.1. The fourth-order valence-electron chi connectivity index (χ4n) is 4.28. The highest BCUT2D eigenvalue weighted by atomic mass is 32.2. The van der Waals surface area contributed by atoms with Crippen LogP contribution in [0.2, 0.25) is 0 Å². The van der Waals surface area contributed by atoms with Gasteiger partial charge in [0.15, 0.2) is 0 Å². The molecule has 0 unspecified atom stereocenters.